The number of halogens is 4. The van der Waals surface area contributed by atoms with E-state index in [9.17, 15) is 18.4 Å². The molecule has 39 heavy (non-hydrogen) atoms. The lowest BCUT2D eigenvalue weighted by atomic mass is 9.94. The number of carbonyl (C=O) groups excluding carboxylic acids is 2. The number of fused-ring (bicyclic) bond motifs is 4. The van der Waals surface area contributed by atoms with Crippen LogP contribution in [0.25, 0.3) is 16.7 Å². The van der Waals surface area contributed by atoms with E-state index in [1.807, 2.05) is 37.3 Å². The van der Waals surface area contributed by atoms with Gasteiger partial charge in [-0.2, -0.15) is 0 Å². The smallest absolute Gasteiger partial charge is 0.247 e. The number of anilines is 1. The van der Waals surface area contributed by atoms with Crippen LogP contribution in [-0.4, -0.2) is 28.2 Å². The van der Waals surface area contributed by atoms with Gasteiger partial charge in [-0.3, -0.25) is 14.6 Å². The summed E-state index contributed by atoms with van der Waals surface area (Å²) < 4.78 is 30.1. The Morgan fingerprint density at radius 3 is 2.67 bits per heavy atom. The summed E-state index contributed by atoms with van der Waals surface area (Å²) in [5.74, 6) is -2.15. The summed E-state index contributed by atoms with van der Waals surface area (Å²) in [7, 11) is 0. The van der Waals surface area contributed by atoms with E-state index in [0.29, 0.717) is 18.5 Å². The Morgan fingerprint density at radius 2 is 1.87 bits per heavy atom. The van der Waals surface area contributed by atoms with Crippen molar-refractivity contribution in [2.45, 2.75) is 45.1 Å². The Hall–Kier alpha value is -3.10. The van der Waals surface area contributed by atoms with Crippen LogP contribution in [0.1, 0.15) is 56.3 Å². The number of aromatic nitrogens is 1. The summed E-state index contributed by atoms with van der Waals surface area (Å²) in [5, 5.41) is 2.89. The molecule has 0 saturated heterocycles. The number of carbonyl (C=O) groups is 2. The highest BCUT2D eigenvalue weighted by molar-refractivity contribution is 9.10. The van der Waals surface area contributed by atoms with E-state index in [1.54, 1.807) is 11.1 Å². The third kappa shape index (κ3) is 5.77. The van der Waals surface area contributed by atoms with Crippen molar-refractivity contribution in [2.24, 2.45) is 5.92 Å². The molecule has 2 aliphatic heterocycles. The van der Waals surface area contributed by atoms with Crippen LogP contribution in [-0.2, 0) is 9.59 Å². The monoisotopic (exact) mass is 613 g/mol. The molecule has 5 rings (SSSR count). The standard InChI is InChI=1S/C30H27BrClF2N3O2/c1-17-4-2-3-5-26(37-13-11-19(15-27(37)38)28-23(33)9-8-22(32)29(28)34)25-14-18(10-12-35-25)21-7-6-20(31)16-24(21)36-30(17)39/h6-10,12,14-17,26H,2-5,11,13H2,1H3,(H,36,39). The molecule has 0 aliphatic carbocycles. The number of amides is 2. The van der Waals surface area contributed by atoms with Gasteiger partial charge in [0.25, 0.3) is 0 Å². The van der Waals surface area contributed by atoms with Gasteiger partial charge in [0, 0.05) is 40.5 Å². The molecule has 3 heterocycles. The molecule has 3 aromatic rings. The molecule has 2 atom stereocenters. The minimum atomic E-state index is -0.858. The quantitative estimate of drug-likeness (QED) is 0.298. The molecular formula is C30H27BrClF2N3O2. The van der Waals surface area contributed by atoms with Crippen molar-refractivity contribution in [3.05, 3.63) is 87.1 Å². The fourth-order valence-corrected chi connectivity index (χ4v) is 5.81. The van der Waals surface area contributed by atoms with Crippen molar-refractivity contribution in [1.82, 2.24) is 9.88 Å². The molecule has 2 aliphatic rings. The van der Waals surface area contributed by atoms with Gasteiger partial charge in [-0.25, -0.2) is 8.78 Å². The molecule has 5 nitrogen and oxygen atoms in total. The summed E-state index contributed by atoms with van der Waals surface area (Å²) >= 11 is 9.39. The van der Waals surface area contributed by atoms with Gasteiger partial charge in [0.05, 0.1) is 22.3 Å². The van der Waals surface area contributed by atoms with Gasteiger partial charge >= 0.3 is 0 Å². The molecule has 2 bridgehead atoms. The van der Waals surface area contributed by atoms with Crippen LogP contribution in [0.5, 0.6) is 0 Å². The minimum absolute atomic E-state index is 0.0382. The SMILES string of the molecule is CC1CCCCC(N2CCC(c3c(F)ccc(Cl)c3F)=CC2=O)c2cc(ccn2)-c2ccc(Br)cc2NC1=O. The maximum atomic E-state index is 14.7. The lowest BCUT2D eigenvalue weighted by molar-refractivity contribution is -0.129. The number of nitrogens with one attached hydrogen (secondary N) is 1. The molecule has 0 fully saturated rings. The lowest BCUT2D eigenvalue weighted by Gasteiger charge is -2.34. The zero-order valence-corrected chi connectivity index (χ0v) is 23.7. The molecule has 0 radical (unpaired) electrons. The number of hydrogen-bond acceptors (Lipinski definition) is 3. The highest BCUT2D eigenvalue weighted by Gasteiger charge is 2.31. The topological polar surface area (TPSA) is 62.3 Å². The number of nitrogens with zero attached hydrogens (tertiary/aromatic N) is 2. The normalized spacial score (nSPS) is 20.2. The van der Waals surface area contributed by atoms with Crippen LogP contribution >= 0.6 is 27.5 Å². The number of rotatable bonds is 2. The van der Waals surface area contributed by atoms with Crippen molar-refractivity contribution in [1.29, 1.82) is 0 Å². The van der Waals surface area contributed by atoms with E-state index < -0.39 is 11.6 Å². The van der Waals surface area contributed by atoms with Crippen LogP contribution in [0.3, 0.4) is 0 Å². The summed E-state index contributed by atoms with van der Waals surface area (Å²) in [4.78, 5) is 32.7. The predicted molar refractivity (Wildman–Crippen MR) is 152 cm³/mol. The van der Waals surface area contributed by atoms with Gasteiger partial charge in [-0.05, 0) is 66.8 Å². The highest BCUT2D eigenvalue weighted by atomic mass is 79.9. The largest absolute Gasteiger partial charge is 0.330 e. The maximum Gasteiger partial charge on any atom is 0.247 e. The first-order chi connectivity index (χ1) is 18.7. The van der Waals surface area contributed by atoms with Crippen molar-refractivity contribution in [3.8, 4) is 11.1 Å². The number of pyridine rings is 1. The molecule has 202 valence electrons. The number of hydrogen-bond donors (Lipinski definition) is 1. The Kier molecular flexibility index (Phi) is 8.14. The molecule has 0 spiro atoms. The molecule has 2 amide bonds. The van der Waals surface area contributed by atoms with Gasteiger partial charge in [0.2, 0.25) is 11.8 Å². The highest BCUT2D eigenvalue weighted by Crippen LogP contribution is 2.37. The van der Waals surface area contributed by atoms with Crippen molar-refractivity contribution in [3.63, 3.8) is 0 Å². The molecule has 1 aromatic heterocycles. The van der Waals surface area contributed by atoms with Gasteiger partial charge < -0.3 is 10.2 Å². The van der Waals surface area contributed by atoms with Gasteiger partial charge in [0.15, 0.2) is 5.82 Å². The van der Waals surface area contributed by atoms with Crippen molar-refractivity contribution < 1.29 is 18.4 Å². The van der Waals surface area contributed by atoms with Crippen LogP contribution in [0, 0.1) is 17.6 Å². The Bertz CT molecular complexity index is 1480. The van der Waals surface area contributed by atoms with E-state index in [-0.39, 0.29) is 52.9 Å². The molecule has 2 aromatic carbocycles. The number of benzene rings is 2. The van der Waals surface area contributed by atoms with E-state index in [4.69, 9.17) is 11.6 Å². The molecular weight excluding hydrogens is 588 g/mol. The fraction of sp³-hybridized carbons (Fsp3) is 0.300. The zero-order valence-electron chi connectivity index (χ0n) is 21.3. The molecule has 9 heteroatoms. The van der Waals surface area contributed by atoms with Crippen LogP contribution in [0.4, 0.5) is 14.5 Å². The van der Waals surface area contributed by atoms with E-state index in [0.717, 1.165) is 40.2 Å². The van der Waals surface area contributed by atoms with Crippen LogP contribution in [0.15, 0.2) is 59.2 Å². The predicted octanol–water partition coefficient (Wildman–Crippen LogP) is 7.95. The van der Waals surface area contributed by atoms with Crippen molar-refractivity contribution in [2.75, 3.05) is 11.9 Å². The summed E-state index contributed by atoms with van der Waals surface area (Å²) in [6, 6.07) is 11.5. The van der Waals surface area contributed by atoms with Gasteiger partial charge in [0.1, 0.15) is 5.82 Å². The first-order valence-electron chi connectivity index (χ1n) is 12.9. The average Bonchev–Trinajstić information content (AvgIpc) is 2.91. The summed E-state index contributed by atoms with van der Waals surface area (Å²) in [5.41, 5.74) is 3.17. The fourth-order valence-electron chi connectivity index (χ4n) is 5.29. The second kappa shape index (κ2) is 11.6. The summed E-state index contributed by atoms with van der Waals surface area (Å²) in [6.07, 6.45) is 6.24. The second-order valence-corrected chi connectivity index (χ2v) is 11.3. The van der Waals surface area contributed by atoms with Gasteiger partial charge in [-0.15, -0.1) is 0 Å². The van der Waals surface area contributed by atoms with E-state index >= 15 is 0 Å². The lowest BCUT2D eigenvalue weighted by Crippen LogP contribution is -2.38. The molecule has 0 saturated carbocycles. The van der Waals surface area contributed by atoms with Crippen molar-refractivity contribution >= 4 is 50.6 Å². The van der Waals surface area contributed by atoms with Crippen LogP contribution < -0.4 is 5.32 Å². The maximum absolute atomic E-state index is 14.7. The zero-order chi connectivity index (χ0) is 27.7. The Morgan fingerprint density at radius 1 is 1.08 bits per heavy atom. The first kappa shape index (κ1) is 27.5. The third-order valence-electron chi connectivity index (χ3n) is 7.43. The average molecular weight is 615 g/mol. The minimum Gasteiger partial charge on any atom is -0.330 e. The molecule has 2 unspecified atom stereocenters. The van der Waals surface area contributed by atoms with Gasteiger partial charge in [-0.1, -0.05) is 53.4 Å². The van der Waals surface area contributed by atoms with Crippen LogP contribution in [0.2, 0.25) is 5.02 Å². The van der Waals surface area contributed by atoms with E-state index in [2.05, 4.69) is 26.2 Å². The third-order valence-corrected chi connectivity index (χ3v) is 8.21. The van der Waals surface area contributed by atoms with E-state index in [1.165, 1.54) is 12.1 Å². The Balaban J connectivity index is 1.52. The summed E-state index contributed by atoms with van der Waals surface area (Å²) in [6.45, 7) is 2.20. The first-order valence-corrected chi connectivity index (χ1v) is 14.1. The molecule has 1 N–H and O–H groups in total. The second-order valence-electron chi connectivity index (χ2n) is 10.0. The Labute approximate surface area is 239 Å².